The van der Waals surface area contributed by atoms with Crippen molar-refractivity contribution in [2.24, 2.45) is 0 Å². The number of hydrogen-bond donors (Lipinski definition) is 2. The third kappa shape index (κ3) is 5.37. The van der Waals surface area contributed by atoms with Crippen molar-refractivity contribution in [1.29, 1.82) is 0 Å². The molecule has 2 aromatic rings. The summed E-state index contributed by atoms with van der Waals surface area (Å²) in [6.07, 6.45) is 0.121. The van der Waals surface area contributed by atoms with Crippen LogP contribution in [0.15, 0.2) is 53.0 Å². The number of halogens is 2. The number of nitrogens with one attached hydrogen (secondary N) is 2. The van der Waals surface area contributed by atoms with E-state index < -0.39 is 0 Å². The van der Waals surface area contributed by atoms with Gasteiger partial charge in [-0.25, -0.2) is 0 Å². The van der Waals surface area contributed by atoms with Crippen LogP contribution in [0.4, 0.5) is 5.69 Å². The SMILES string of the molecule is CC(=O)N[C@H](CC(=O)Nc1ccc(Br)cc1Cl)c1ccccc1. The van der Waals surface area contributed by atoms with Crippen molar-refractivity contribution in [1.82, 2.24) is 5.32 Å². The minimum absolute atomic E-state index is 0.121. The maximum absolute atomic E-state index is 12.3. The summed E-state index contributed by atoms with van der Waals surface area (Å²) in [4.78, 5) is 23.7. The van der Waals surface area contributed by atoms with E-state index in [-0.39, 0.29) is 24.3 Å². The Morgan fingerprint density at radius 3 is 2.48 bits per heavy atom. The summed E-state index contributed by atoms with van der Waals surface area (Å²) in [6, 6.07) is 14.2. The van der Waals surface area contributed by atoms with Crippen molar-refractivity contribution in [2.45, 2.75) is 19.4 Å². The fourth-order valence-electron chi connectivity index (χ4n) is 2.16. The lowest BCUT2D eigenvalue weighted by molar-refractivity contribution is -0.120. The predicted octanol–water partition coefficient (Wildman–Crippen LogP) is 4.31. The highest BCUT2D eigenvalue weighted by Gasteiger charge is 2.17. The van der Waals surface area contributed by atoms with E-state index in [0.29, 0.717) is 10.7 Å². The third-order valence-electron chi connectivity index (χ3n) is 3.17. The molecule has 0 fully saturated rings. The van der Waals surface area contributed by atoms with Crippen LogP contribution in [-0.2, 0) is 9.59 Å². The highest BCUT2D eigenvalue weighted by molar-refractivity contribution is 9.10. The Labute approximate surface area is 148 Å². The molecule has 0 aromatic heterocycles. The van der Waals surface area contributed by atoms with E-state index in [1.807, 2.05) is 30.3 Å². The van der Waals surface area contributed by atoms with E-state index in [0.717, 1.165) is 10.0 Å². The van der Waals surface area contributed by atoms with Gasteiger partial charge in [0, 0.05) is 11.4 Å². The zero-order valence-electron chi connectivity index (χ0n) is 12.5. The first-order valence-electron chi connectivity index (χ1n) is 7.02. The molecular formula is C17H16BrClN2O2. The van der Waals surface area contributed by atoms with Crippen molar-refractivity contribution >= 4 is 45.0 Å². The van der Waals surface area contributed by atoms with Gasteiger partial charge >= 0.3 is 0 Å². The van der Waals surface area contributed by atoms with Crippen LogP contribution in [-0.4, -0.2) is 11.8 Å². The van der Waals surface area contributed by atoms with Crippen LogP contribution < -0.4 is 10.6 Å². The molecule has 0 aliphatic rings. The summed E-state index contributed by atoms with van der Waals surface area (Å²) in [5, 5.41) is 6.01. The van der Waals surface area contributed by atoms with Crippen LogP contribution >= 0.6 is 27.5 Å². The van der Waals surface area contributed by atoms with Gasteiger partial charge in [0.2, 0.25) is 11.8 Å². The highest BCUT2D eigenvalue weighted by Crippen LogP contribution is 2.26. The van der Waals surface area contributed by atoms with Crippen LogP contribution in [0.5, 0.6) is 0 Å². The summed E-state index contributed by atoms with van der Waals surface area (Å²) in [6.45, 7) is 1.43. The van der Waals surface area contributed by atoms with E-state index in [9.17, 15) is 9.59 Å². The fourth-order valence-corrected chi connectivity index (χ4v) is 2.88. The van der Waals surface area contributed by atoms with Gasteiger partial charge in [0.15, 0.2) is 0 Å². The molecule has 2 amide bonds. The van der Waals surface area contributed by atoms with E-state index in [1.165, 1.54) is 6.92 Å². The maximum Gasteiger partial charge on any atom is 0.226 e. The highest BCUT2D eigenvalue weighted by atomic mass is 79.9. The number of hydrogen-bond acceptors (Lipinski definition) is 2. The molecule has 0 aliphatic heterocycles. The Bertz CT molecular complexity index is 707. The Hall–Kier alpha value is -1.85. The quantitative estimate of drug-likeness (QED) is 0.792. The van der Waals surface area contributed by atoms with Gasteiger partial charge in [-0.2, -0.15) is 0 Å². The lowest BCUT2D eigenvalue weighted by Crippen LogP contribution is -2.29. The second-order valence-corrected chi connectivity index (χ2v) is 6.36. The molecule has 0 radical (unpaired) electrons. The molecule has 1 atom stereocenters. The molecule has 2 N–H and O–H groups in total. The largest absolute Gasteiger partial charge is 0.349 e. The van der Waals surface area contributed by atoms with Gasteiger partial charge in [-0.15, -0.1) is 0 Å². The molecule has 0 spiro atoms. The fraction of sp³-hybridized carbons (Fsp3) is 0.176. The predicted molar refractivity (Wildman–Crippen MR) is 95.4 cm³/mol. The number of carbonyl (C=O) groups is 2. The Morgan fingerprint density at radius 1 is 1.17 bits per heavy atom. The van der Waals surface area contributed by atoms with Crippen LogP contribution in [0, 0.1) is 0 Å². The second kappa shape index (κ2) is 8.13. The number of anilines is 1. The van der Waals surface area contributed by atoms with Gasteiger partial charge in [0.05, 0.1) is 23.2 Å². The molecule has 4 nitrogen and oxygen atoms in total. The van der Waals surface area contributed by atoms with E-state index in [2.05, 4.69) is 26.6 Å². The van der Waals surface area contributed by atoms with Gasteiger partial charge in [-0.05, 0) is 23.8 Å². The number of carbonyl (C=O) groups excluding carboxylic acids is 2. The van der Waals surface area contributed by atoms with Crippen LogP contribution in [0.3, 0.4) is 0 Å². The van der Waals surface area contributed by atoms with Crippen molar-refractivity contribution in [3.8, 4) is 0 Å². The molecule has 0 unspecified atom stereocenters. The normalized spacial score (nSPS) is 11.6. The summed E-state index contributed by atoms with van der Waals surface area (Å²) >= 11 is 9.41. The molecule has 2 aromatic carbocycles. The third-order valence-corrected chi connectivity index (χ3v) is 3.98. The minimum atomic E-state index is -0.386. The molecule has 0 saturated heterocycles. The molecule has 23 heavy (non-hydrogen) atoms. The minimum Gasteiger partial charge on any atom is -0.349 e. The van der Waals surface area contributed by atoms with Crippen molar-refractivity contribution < 1.29 is 9.59 Å². The first-order valence-corrected chi connectivity index (χ1v) is 8.20. The van der Waals surface area contributed by atoms with E-state index in [4.69, 9.17) is 11.6 Å². The summed E-state index contributed by atoms with van der Waals surface area (Å²) in [5.74, 6) is -0.412. The molecule has 6 heteroatoms. The van der Waals surface area contributed by atoms with Crippen molar-refractivity contribution in [3.63, 3.8) is 0 Å². The average Bonchev–Trinajstić information content (AvgIpc) is 2.50. The van der Waals surface area contributed by atoms with Crippen LogP contribution in [0.2, 0.25) is 5.02 Å². The molecule has 120 valence electrons. The first kappa shape index (κ1) is 17.5. The molecule has 0 saturated carbocycles. The average molecular weight is 396 g/mol. The van der Waals surface area contributed by atoms with Gasteiger partial charge in [0.1, 0.15) is 0 Å². The zero-order chi connectivity index (χ0) is 16.8. The summed E-state index contributed by atoms with van der Waals surface area (Å²) < 4.78 is 0.834. The standard InChI is InChI=1S/C17H16BrClN2O2/c1-11(22)20-16(12-5-3-2-4-6-12)10-17(23)21-15-8-7-13(18)9-14(15)19/h2-9,16H,10H2,1H3,(H,20,22)(H,21,23)/t16-/m1/s1. The maximum atomic E-state index is 12.3. The van der Waals surface area contributed by atoms with Crippen molar-refractivity contribution in [3.05, 3.63) is 63.6 Å². The summed E-state index contributed by atoms with van der Waals surface area (Å²) in [7, 11) is 0. The topological polar surface area (TPSA) is 58.2 Å². The molecule has 0 aliphatic carbocycles. The zero-order valence-corrected chi connectivity index (χ0v) is 14.8. The lowest BCUT2D eigenvalue weighted by Gasteiger charge is -2.18. The van der Waals surface area contributed by atoms with Crippen LogP contribution in [0.25, 0.3) is 0 Å². The monoisotopic (exact) mass is 394 g/mol. The van der Waals surface area contributed by atoms with E-state index in [1.54, 1.807) is 18.2 Å². The Balaban J connectivity index is 2.09. The van der Waals surface area contributed by atoms with Gasteiger partial charge < -0.3 is 10.6 Å². The second-order valence-electron chi connectivity index (χ2n) is 5.04. The van der Waals surface area contributed by atoms with Gasteiger partial charge in [-0.3, -0.25) is 9.59 Å². The first-order chi connectivity index (χ1) is 11.0. The van der Waals surface area contributed by atoms with Gasteiger partial charge in [0.25, 0.3) is 0 Å². The summed E-state index contributed by atoms with van der Waals surface area (Å²) in [5.41, 5.74) is 1.41. The smallest absolute Gasteiger partial charge is 0.226 e. The van der Waals surface area contributed by atoms with Crippen LogP contribution in [0.1, 0.15) is 24.9 Å². The lowest BCUT2D eigenvalue weighted by atomic mass is 10.0. The van der Waals surface area contributed by atoms with Crippen molar-refractivity contribution in [2.75, 3.05) is 5.32 Å². The Morgan fingerprint density at radius 2 is 1.87 bits per heavy atom. The molecule has 0 heterocycles. The Kier molecular flexibility index (Phi) is 6.19. The molecule has 2 rings (SSSR count). The number of benzene rings is 2. The van der Waals surface area contributed by atoms with E-state index >= 15 is 0 Å². The number of amides is 2. The molecule has 0 bridgehead atoms. The number of rotatable bonds is 5. The van der Waals surface area contributed by atoms with Gasteiger partial charge in [-0.1, -0.05) is 57.9 Å². The molecular weight excluding hydrogens is 380 g/mol.